The first-order valence-electron chi connectivity index (χ1n) is 8.43. The van der Waals surface area contributed by atoms with Crippen LogP contribution in [0.4, 0.5) is 24.5 Å². The maximum Gasteiger partial charge on any atom is 0.573 e. The third-order valence-corrected chi connectivity index (χ3v) is 4.20. The van der Waals surface area contributed by atoms with Crippen LogP contribution in [0.2, 0.25) is 0 Å². The van der Waals surface area contributed by atoms with Crippen LogP contribution in [0.3, 0.4) is 0 Å². The van der Waals surface area contributed by atoms with Crippen LogP contribution in [-0.4, -0.2) is 25.4 Å². The number of hydrogen-bond acceptors (Lipinski definition) is 3. The van der Waals surface area contributed by atoms with Gasteiger partial charge in [-0.2, -0.15) is 0 Å². The monoisotopic (exact) mass is 364 g/mol. The van der Waals surface area contributed by atoms with Crippen molar-refractivity contribution < 1.29 is 22.7 Å². The minimum atomic E-state index is -4.75. The number of nitrogens with zero attached hydrogens (tertiary/aromatic N) is 1. The third kappa shape index (κ3) is 4.91. The highest BCUT2D eigenvalue weighted by atomic mass is 19.4. The third-order valence-electron chi connectivity index (χ3n) is 4.20. The fourth-order valence-electron chi connectivity index (χ4n) is 2.92. The predicted octanol–water partition coefficient (Wildman–Crippen LogP) is 4.83. The summed E-state index contributed by atoms with van der Waals surface area (Å²) < 4.78 is 40.2. The Hall–Kier alpha value is -2.70. The molecule has 0 radical (unpaired) electrons. The normalized spacial score (nSPS) is 14.8. The van der Waals surface area contributed by atoms with Gasteiger partial charge in [0, 0.05) is 30.0 Å². The molecule has 0 unspecified atom stereocenters. The molecule has 1 N–H and O–H groups in total. The van der Waals surface area contributed by atoms with Gasteiger partial charge in [0.15, 0.2) is 0 Å². The van der Waals surface area contributed by atoms with Crippen molar-refractivity contribution in [2.75, 3.05) is 23.3 Å². The Kier molecular flexibility index (Phi) is 5.35. The van der Waals surface area contributed by atoms with E-state index in [1.807, 2.05) is 24.3 Å². The van der Waals surface area contributed by atoms with Crippen molar-refractivity contribution >= 4 is 17.3 Å². The number of amides is 1. The topological polar surface area (TPSA) is 41.6 Å². The minimum absolute atomic E-state index is 0.250. The number of piperidine rings is 1. The van der Waals surface area contributed by atoms with Crippen molar-refractivity contribution in [3.05, 3.63) is 54.1 Å². The van der Waals surface area contributed by atoms with Crippen molar-refractivity contribution in [3.8, 4) is 5.75 Å². The molecule has 3 rings (SSSR count). The molecule has 1 aliphatic rings. The highest BCUT2D eigenvalue weighted by molar-refractivity contribution is 6.04. The van der Waals surface area contributed by atoms with Crippen LogP contribution in [0.15, 0.2) is 48.5 Å². The second kappa shape index (κ2) is 7.68. The molecule has 0 atom stereocenters. The van der Waals surface area contributed by atoms with Gasteiger partial charge in [0.2, 0.25) is 0 Å². The molecule has 4 nitrogen and oxygen atoms in total. The second-order valence-corrected chi connectivity index (χ2v) is 6.12. The SMILES string of the molecule is O=C(Nc1ccc(N2CCCCC2)cc1)c1ccc(OC(F)(F)F)cc1. The zero-order valence-electron chi connectivity index (χ0n) is 14.1. The van der Waals surface area contributed by atoms with Gasteiger partial charge < -0.3 is 15.0 Å². The van der Waals surface area contributed by atoms with E-state index in [4.69, 9.17) is 0 Å². The van der Waals surface area contributed by atoms with Crippen molar-refractivity contribution in [2.24, 2.45) is 0 Å². The summed E-state index contributed by atoms with van der Waals surface area (Å²) >= 11 is 0. The maximum atomic E-state index is 12.2. The first-order valence-corrected chi connectivity index (χ1v) is 8.43. The Balaban J connectivity index is 1.60. The van der Waals surface area contributed by atoms with Crippen LogP contribution in [0.5, 0.6) is 5.75 Å². The summed E-state index contributed by atoms with van der Waals surface area (Å²) in [5, 5.41) is 2.74. The summed E-state index contributed by atoms with van der Waals surface area (Å²) in [5.74, 6) is -0.755. The molecule has 1 amide bonds. The van der Waals surface area contributed by atoms with E-state index in [1.54, 1.807) is 0 Å². The fraction of sp³-hybridized carbons (Fsp3) is 0.316. The van der Waals surface area contributed by atoms with Gasteiger partial charge in [-0.3, -0.25) is 4.79 Å². The highest BCUT2D eigenvalue weighted by Gasteiger charge is 2.31. The van der Waals surface area contributed by atoms with E-state index in [2.05, 4.69) is 15.0 Å². The molecule has 1 saturated heterocycles. The molecule has 0 spiro atoms. The van der Waals surface area contributed by atoms with Gasteiger partial charge in [0.1, 0.15) is 5.75 Å². The van der Waals surface area contributed by atoms with Gasteiger partial charge in [-0.25, -0.2) is 0 Å². The summed E-state index contributed by atoms with van der Waals surface area (Å²) in [5.41, 5.74) is 2.00. The minimum Gasteiger partial charge on any atom is -0.406 e. The molecule has 2 aromatic carbocycles. The maximum absolute atomic E-state index is 12.2. The van der Waals surface area contributed by atoms with Crippen LogP contribution in [-0.2, 0) is 0 Å². The summed E-state index contributed by atoms with van der Waals surface area (Å²) in [6.45, 7) is 2.08. The number of nitrogens with one attached hydrogen (secondary N) is 1. The molecule has 26 heavy (non-hydrogen) atoms. The zero-order chi connectivity index (χ0) is 18.6. The second-order valence-electron chi connectivity index (χ2n) is 6.12. The van der Waals surface area contributed by atoms with Crippen LogP contribution in [0, 0.1) is 0 Å². The fourth-order valence-corrected chi connectivity index (χ4v) is 2.92. The standard InChI is InChI=1S/C19H19F3N2O2/c20-19(21,22)26-17-10-4-14(5-11-17)18(25)23-15-6-8-16(9-7-15)24-12-2-1-3-13-24/h4-11H,1-3,12-13H2,(H,23,25). The van der Waals surface area contributed by atoms with Crippen molar-refractivity contribution in [2.45, 2.75) is 25.6 Å². The van der Waals surface area contributed by atoms with E-state index in [-0.39, 0.29) is 11.3 Å². The summed E-state index contributed by atoms with van der Waals surface area (Å²) in [7, 11) is 0. The van der Waals surface area contributed by atoms with Crippen LogP contribution >= 0.6 is 0 Å². The van der Waals surface area contributed by atoms with Gasteiger partial charge in [-0.15, -0.1) is 13.2 Å². The number of carbonyl (C=O) groups excluding carboxylic acids is 1. The first-order chi connectivity index (χ1) is 12.4. The first kappa shape index (κ1) is 18.1. The lowest BCUT2D eigenvalue weighted by atomic mass is 10.1. The van der Waals surface area contributed by atoms with Gasteiger partial charge in [0.05, 0.1) is 0 Å². The number of halogens is 3. The molecule has 1 fully saturated rings. The summed E-state index contributed by atoms with van der Waals surface area (Å²) in [6, 6.07) is 12.4. The molecular weight excluding hydrogens is 345 g/mol. The van der Waals surface area contributed by atoms with E-state index in [0.29, 0.717) is 5.69 Å². The largest absolute Gasteiger partial charge is 0.573 e. The van der Waals surface area contributed by atoms with Gasteiger partial charge in [0.25, 0.3) is 5.91 Å². The molecular formula is C19H19F3N2O2. The molecule has 0 saturated carbocycles. The van der Waals surface area contributed by atoms with E-state index in [9.17, 15) is 18.0 Å². The number of benzene rings is 2. The average Bonchev–Trinajstić information content (AvgIpc) is 2.62. The highest BCUT2D eigenvalue weighted by Crippen LogP contribution is 2.24. The van der Waals surface area contributed by atoms with Gasteiger partial charge in [-0.1, -0.05) is 0 Å². The van der Waals surface area contributed by atoms with E-state index in [0.717, 1.165) is 30.9 Å². The molecule has 0 aromatic heterocycles. The van der Waals surface area contributed by atoms with Crippen LogP contribution in [0.25, 0.3) is 0 Å². The Morgan fingerprint density at radius 3 is 2.12 bits per heavy atom. The Morgan fingerprint density at radius 2 is 1.54 bits per heavy atom. The van der Waals surface area contributed by atoms with Crippen LogP contribution < -0.4 is 15.0 Å². The molecule has 0 bridgehead atoms. The summed E-state index contributed by atoms with van der Waals surface area (Å²) in [4.78, 5) is 14.5. The number of anilines is 2. The number of hydrogen-bond donors (Lipinski definition) is 1. The van der Waals surface area contributed by atoms with E-state index < -0.39 is 12.3 Å². The van der Waals surface area contributed by atoms with Crippen LogP contribution in [0.1, 0.15) is 29.6 Å². The number of alkyl halides is 3. The van der Waals surface area contributed by atoms with Crippen molar-refractivity contribution in [1.29, 1.82) is 0 Å². The zero-order valence-corrected chi connectivity index (χ0v) is 14.1. The molecule has 0 aliphatic carbocycles. The van der Waals surface area contributed by atoms with Crippen molar-refractivity contribution in [3.63, 3.8) is 0 Å². The Labute approximate surface area is 149 Å². The lowest BCUT2D eigenvalue weighted by molar-refractivity contribution is -0.274. The van der Waals surface area contributed by atoms with E-state index >= 15 is 0 Å². The Bertz CT molecular complexity index is 737. The smallest absolute Gasteiger partial charge is 0.406 e. The molecule has 138 valence electrons. The van der Waals surface area contributed by atoms with Gasteiger partial charge in [-0.05, 0) is 67.8 Å². The quantitative estimate of drug-likeness (QED) is 0.845. The van der Waals surface area contributed by atoms with Gasteiger partial charge >= 0.3 is 6.36 Å². The van der Waals surface area contributed by atoms with Crippen molar-refractivity contribution in [1.82, 2.24) is 0 Å². The predicted molar refractivity (Wildman–Crippen MR) is 93.6 cm³/mol. The average molecular weight is 364 g/mol. The molecule has 1 heterocycles. The van der Waals surface area contributed by atoms with E-state index in [1.165, 1.54) is 31.4 Å². The molecule has 7 heteroatoms. The Morgan fingerprint density at radius 1 is 0.923 bits per heavy atom. The lowest BCUT2D eigenvalue weighted by Gasteiger charge is -2.28. The molecule has 2 aromatic rings. The lowest BCUT2D eigenvalue weighted by Crippen LogP contribution is -2.29. The number of ether oxygens (including phenoxy) is 1. The molecule has 1 aliphatic heterocycles. The number of carbonyl (C=O) groups is 1. The number of rotatable bonds is 4. The summed E-state index contributed by atoms with van der Waals surface area (Å²) in [6.07, 6.45) is -1.11.